The number of hydrogen-bond donors (Lipinski definition) is 3. The lowest BCUT2D eigenvalue weighted by Crippen LogP contribution is -2.51. The van der Waals surface area contributed by atoms with E-state index in [-0.39, 0.29) is 12.3 Å². The third-order valence-electron chi connectivity index (χ3n) is 5.81. The highest BCUT2D eigenvalue weighted by Gasteiger charge is 2.46. The summed E-state index contributed by atoms with van der Waals surface area (Å²) in [6, 6.07) is 16.5. The number of halogens is 4. The van der Waals surface area contributed by atoms with Gasteiger partial charge in [-0.15, -0.1) is 11.8 Å². The summed E-state index contributed by atoms with van der Waals surface area (Å²) in [5, 5.41) is 19.2. The van der Waals surface area contributed by atoms with E-state index in [0.29, 0.717) is 24.7 Å². The molecule has 3 aromatic rings. The number of nitrogens with one attached hydrogen (secondary N) is 2. The van der Waals surface area contributed by atoms with E-state index in [9.17, 15) is 23.1 Å². The van der Waals surface area contributed by atoms with Crippen LogP contribution in [0.5, 0.6) is 0 Å². The second-order valence-electron chi connectivity index (χ2n) is 8.60. The monoisotopic (exact) mass is 550 g/mol. The molecule has 37 heavy (non-hydrogen) atoms. The molecule has 0 saturated heterocycles. The van der Waals surface area contributed by atoms with Crippen molar-refractivity contribution in [1.29, 1.82) is 0 Å². The predicted molar refractivity (Wildman–Crippen MR) is 141 cm³/mol. The van der Waals surface area contributed by atoms with Gasteiger partial charge in [0.1, 0.15) is 0 Å². The first-order chi connectivity index (χ1) is 17.6. The first kappa shape index (κ1) is 27.3. The van der Waals surface area contributed by atoms with E-state index in [1.165, 1.54) is 11.8 Å². The Kier molecular flexibility index (Phi) is 8.63. The Hall–Kier alpha value is -2.79. The van der Waals surface area contributed by atoms with Crippen molar-refractivity contribution in [2.75, 3.05) is 37.2 Å². The summed E-state index contributed by atoms with van der Waals surface area (Å²) in [4.78, 5) is 19.1. The van der Waals surface area contributed by atoms with Gasteiger partial charge in [0.05, 0.1) is 17.7 Å². The number of alkyl halides is 3. The average Bonchev–Trinajstić information content (AvgIpc) is 3.08. The van der Waals surface area contributed by atoms with Crippen molar-refractivity contribution in [3.05, 3.63) is 77.5 Å². The number of benzene rings is 2. The van der Waals surface area contributed by atoms with Crippen molar-refractivity contribution >= 4 is 45.9 Å². The molecule has 196 valence electrons. The van der Waals surface area contributed by atoms with E-state index in [0.717, 1.165) is 32.5 Å². The second kappa shape index (κ2) is 11.7. The van der Waals surface area contributed by atoms with Gasteiger partial charge in [-0.05, 0) is 42.5 Å². The zero-order valence-corrected chi connectivity index (χ0v) is 21.3. The molecule has 0 saturated carbocycles. The molecule has 2 heterocycles. The summed E-state index contributed by atoms with van der Waals surface area (Å²) < 4.78 is 39.1. The molecule has 1 aromatic heterocycles. The van der Waals surface area contributed by atoms with Crippen LogP contribution in [0.3, 0.4) is 0 Å². The molecular formula is C26H26ClF3N4O2S. The van der Waals surface area contributed by atoms with Crippen LogP contribution < -0.4 is 10.6 Å². The van der Waals surface area contributed by atoms with Crippen molar-refractivity contribution < 1.29 is 23.1 Å². The number of carbonyl (C=O) groups excluding carboxylic acids is 1. The Morgan fingerprint density at radius 3 is 2.62 bits per heavy atom. The van der Waals surface area contributed by atoms with Gasteiger partial charge in [-0.2, -0.15) is 13.2 Å². The van der Waals surface area contributed by atoms with E-state index in [2.05, 4.69) is 15.6 Å². The van der Waals surface area contributed by atoms with Crippen LogP contribution >= 0.6 is 23.4 Å². The number of hydrogen-bond acceptors (Lipinski definition) is 6. The van der Waals surface area contributed by atoms with Gasteiger partial charge < -0.3 is 20.6 Å². The Morgan fingerprint density at radius 2 is 1.86 bits per heavy atom. The van der Waals surface area contributed by atoms with Crippen LogP contribution in [0.4, 0.5) is 18.9 Å². The molecular weight excluding hydrogens is 525 g/mol. The molecule has 1 aliphatic rings. The minimum Gasteiger partial charge on any atom is -0.383 e. The van der Waals surface area contributed by atoms with E-state index < -0.39 is 29.8 Å². The highest BCUT2D eigenvalue weighted by Crippen LogP contribution is 2.36. The van der Waals surface area contributed by atoms with Crippen LogP contribution in [0.25, 0.3) is 10.9 Å². The van der Waals surface area contributed by atoms with Gasteiger partial charge in [-0.3, -0.25) is 9.78 Å². The smallest absolute Gasteiger partial charge is 0.383 e. The molecule has 2 aromatic carbocycles. The summed E-state index contributed by atoms with van der Waals surface area (Å²) in [6.07, 6.45) is -3.17. The number of rotatable bonds is 11. The molecule has 0 radical (unpaired) electrons. The van der Waals surface area contributed by atoms with Gasteiger partial charge in [0.25, 0.3) is 5.91 Å². The van der Waals surface area contributed by atoms with Crippen molar-refractivity contribution in [2.24, 2.45) is 0 Å². The molecule has 0 aliphatic carbocycles. The first-order valence-corrected chi connectivity index (χ1v) is 13.0. The molecule has 6 nitrogen and oxygen atoms in total. The largest absolute Gasteiger partial charge is 0.393 e. The number of nitrogens with zero attached hydrogens (tertiary/aromatic N) is 2. The predicted octanol–water partition coefficient (Wildman–Crippen LogP) is 5.09. The van der Waals surface area contributed by atoms with Crippen molar-refractivity contribution in [1.82, 2.24) is 15.2 Å². The first-order valence-electron chi connectivity index (χ1n) is 11.6. The lowest BCUT2D eigenvalue weighted by atomic mass is 10.1. The normalized spacial score (nSPS) is 17.9. The van der Waals surface area contributed by atoms with Crippen LogP contribution in [-0.2, 0) is 4.79 Å². The van der Waals surface area contributed by atoms with E-state index in [1.54, 1.807) is 18.3 Å². The maximum atomic E-state index is 13.0. The molecule has 4 rings (SSSR count). The summed E-state index contributed by atoms with van der Waals surface area (Å²) in [5.74, 6) is -0.777. The van der Waals surface area contributed by atoms with E-state index in [1.807, 2.05) is 42.5 Å². The molecule has 0 fully saturated rings. The Balaban J connectivity index is 1.32. The number of aromatic nitrogens is 1. The maximum Gasteiger partial charge on any atom is 0.393 e. The summed E-state index contributed by atoms with van der Waals surface area (Å²) in [7, 11) is 0. The highest BCUT2D eigenvalue weighted by atomic mass is 35.5. The van der Waals surface area contributed by atoms with Gasteiger partial charge in [0.15, 0.2) is 5.72 Å². The molecule has 11 heteroatoms. The molecule has 1 aliphatic heterocycles. The average molecular weight is 551 g/mol. The summed E-state index contributed by atoms with van der Waals surface area (Å²) >= 11 is 7.31. The van der Waals surface area contributed by atoms with Crippen molar-refractivity contribution in [3.63, 3.8) is 0 Å². The summed E-state index contributed by atoms with van der Waals surface area (Å²) in [5.41, 5.74) is -0.579. The maximum absolute atomic E-state index is 13.0. The number of amides is 1. The molecule has 1 unspecified atom stereocenters. The van der Waals surface area contributed by atoms with Crippen LogP contribution in [-0.4, -0.2) is 64.7 Å². The summed E-state index contributed by atoms with van der Waals surface area (Å²) in [6.45, 7) is 1.44. The molecule has 0 spiro atoms. The highest BCUT2D eigenvalue weighted by molar-refractivity contribution is 7.99. The third kappa shape index (κ3) is 7.16. The van der Waals surface area contributed by atoms with Crippen LogP contribution in [0, 0.1) is 0 Å². The SMILES string of the molecule is O=C1C(CC(F)(F)F)=CC(O)(CSc2ccccc2)N1CCNCCNc1ccnc2cc(Cl)ccc12. The second-order valence-corrected chi connectivity index (χ2v) is 10.1. The number of anilines is 1. The topological polar surface area (TPSA) is 77.5 Å². The fraction of sp³-hybridized carbons (Fsp3) is 0.308. The third-order valence-corrected chi connectivity index (χ3v) is 7.22. The fourth-order valence-electron chi connectivity index (χ4n) is 4.11. The number of carbonyl (C=O) groups is 1. The van der Waals surface area contributed by atoms with Gasteiger partial charge >= 0.3 is 6.18 Å². The molecule has 3 N–H and O–H groups in total. The number of aliphatic hydroxyl groups is 1. The van der Waals surface area contributed by atoms with E-state index >= 15 is 0 Å². The van der Waals surface area contributed by atoms with E-state index in [4.69, 9.17) is 11.6 Å². The zero-order valence-electron chi connectivity index (χ0n) is 19.8. The Labute approximate surface area is 221 Å². The van der Waals surface area contributed by atoms with Crippen LogP contribution in [0.1, 0.15) is 6.42 Å². The number of pyridine rings is 1. The molecule has 0 bridgehead atoms. The number of fused-ring (bicyclic) bond motifs is 1. The van der Waals surface area contributed by atoms with Gasteiger partial charge in [0.2, 0.25) is 0 Å². The molecule has 1 amide bonds. The zero-order chi connectivity index (χ0) is 26.5. The quantitative estimate of drug-likeness (QED) is 0.228. The number of thioether (sulfide) groups is 1. The molecule has 1 atom stereocenters. The van der Waals surface area contributed by atoms with Gasteiger partial charge in [0, 0.05) is 58.9 Å². The van der Waals surface area contributed by atoms with Crippen molar-refractivity contribution in [3.8, 4) is 0 Å². The lowest BCUT2D eigenvalue weighted by Gasteiger charge is -2.33. The Bertz CT molecular complexity index is 1280. The van der Waals surface area contributed by atoms with Crippen LogP contribution in [0.2, 0.25) is 5.02 Å². The lowest BCUT2D eigenvalue weighted by molar-refractivity contribution is -0.145. The Morgan fingerprint density at radius 1 is 1.08 bits per heavy atom. The minimum absolute atomic E-state index is 0.0187. The van der Waals surface area contributed by atoms with Crippen molar-refractivity contribution in [2.45, 2.75) is 23.2 Å². The van der Waals surface area contributed by atoms with Crippen LogP contribution in [0.15, 0.2) is 77.3 Å². The van der Waals surface area contributed by atoms with Gasteiger partial charge in [-0.25, -0.2) is 0 Å². The fourth-order valence-corrected chi connectivity index (χ4v) is 5.24. The minimum atomic E-state index is -4.54. The van der Waals surface area contributed by atoms with Gasteiger partial charge in [-0.1, -0.05) is 29.8 Å². The standard InChI is InChI=1S/C26H26ClF3N4O2S/c27-19-6-7-21-22(8-9-32-23(21)14-19)33-11-10-31-12-13-34-24(35)18(16-26(28,29)30)15-25(34,36)17-37-20-4-2-1-3-5-20/h1-9,14-15,31,36H,10-13,16-17H2,(H,32,33).